The molecule has 1 aliphatic rings. The Bertz CT molecular complexity index is 464. The normalized spacial score (nSPS) is 35.9. The van der Waals surface area contributed by atoms with Gasteiger partial charge >= 0.3 is 0 Å². The van der Waals surface area contributed by atoms with Crippen molar-refractivity contribution in [1.82, 2.24) is 14.8 Å². The third-order valence-corrected chi connectivity index (χ3v) is 2.69. The largest absolute Gasteiger partial charge is 0.387 e. The molecule has 0 saturated carbocycles. The molecule has 1 saturated heterocycles. The zero-order valence-electron chi connectivity index (χ0n) is 9.17. The molecule has 10 nitrogen and oxygen atoms in total. The van der Waals surface area contributed by atoms with Crippen molar-refractivity contribution in [3.05, 3.63) is 12.2 Å². The zero-order chi connectivity index (χ0) is 13.5. The van der Waals surface area contributed by atoms with E-state index in [-0.39, 0.29) is 12.4 Å². The van der Waals surface area contributed by atoms with Gasteiger partial charge in [0.15, 0.2) is 6.10 Å². The van der Waals surface area contributed by atoms with Crippen LogP contribution in [0.5, 0.6) is 0 Å². The molecule has 1 aromatic rings. The number of amides is 1. The van der Waals surface area contributed by atoms with Gasteiger partial charge in [-0.15, -0.1) is 5.10 Å². The molecular formula is C8H13N5O5. The number of nitrogens with zero attached hydrogens (tertiary/aromatic N) is 3. The molecule has 0 radical (unpaired) electrons. The monoisotopic (exact) mass is 259 g/mol. The minimum atomic E-state index is -2.34. The molecule has 18 heavy (non-hydrogen) atoms. The Labute approximate surface area is 101 Å². The van der Waals surface area contributed by atoms with Crippen molar-refractivity contribution in [3.63, 3.8) is 0 Å². The third kappa shape index (κ3) is 1.76. The lowest BCUT2D eigenvalue weighted by Crippen LogP contribution is -2.46. The Morgan fingerprint density at radius 2 is 2.28 bits per heavy atom. The van der Waals surface area contributed by atoms with Gasteiger partial charge in [0.05, 0.1) is 0 Å². The summed E-state index contributed by atoms with van der Waals surface area (Å²) in [6.45, 7) is -0.113. The summed E-state index contributed by atoms with van der Waals surface area (Å²) in [6.07, 6.45) is -3.09. The lowest BCUT2D eigenvalue weighted by molar-refractivity contribution is -0.292. The minimum Gasteiger partial charge on any atom is -0.387 e. The van der Waals surface area contributed by atoms with Crippen LogP contribution in [0.25, 0.3) is 0 Å². The fraction of sp³-hybridized carbons (Fsp3) is 0.625. The van der Waals surface area contributed by atoms with Crippen LogP contribution in [0.4, 0.5) is 0 Å². The van der Waals surface area contributed by atoms with Gasteiger partial charge in [0.25, 0.3) is 11.8 Å². The lowest BCUT2D eigenvalue weighted by atomic mass is 10.1. The molecule has 2 heterocycles. The van der Waals surface area contributed by atoms with Crippen molar-refractivity contribution in [1.29, 1.82) is 0 Å². The van der Waals surface area contributed by atoms with Crippen LogP contribution in [0.2, 0.25) is 0 Å². The van der Waals surface area contributed by atoms with Crippen LogP contribution in [0.15, 0.2) is 6.33 Å². The van der Waals surface area contributed by atoms with Gasteiger partial charge in [-0.25, -0.2) is 4.98 Å². The van der Waals surface area contributed by atoms with Crippen molar-refractivity contribution in [2.45, 2.75) is 24.2 Å². The number of aliphatic hydroxyl groups excluding tert-OH is 2. The predicted octanol–water partition coefficient (Wildman–Crippen LogP) is -3.94. The molecule has 1 aliphatic heterocycles. The molecule has 10 heteroatoms. The van der Waals surface area contributed by atoms with Crippen molar-refractivity contribution < 1.29 is 24.9 Å². The number of aliphatic hydroxyl groups is 3. The molecule has 0 aromatic carbocycles. The summed E-state index contributed by atoms with van der Waals surface area (Å²) >= 11 is 0. The summed E-state index contributed by atoms with van der Waals surface area (Å²) in [6, 6.07) is 0. The van der Waals surface area contributed by atoms with Gasteiger partial charge in [-0.05, 0) is 0 Å². The maximum atomic E-state index is 10.8. The fourth-order valence-electron chi connectivity index (χ4n) is 1.70. The van der Waals surface area contributed by atoms with Gasteiger partial charge in [-0.3, -0.25) is 4.79 Å². The van der Waals surface area contributed by atoms with E-state index < -0.39 is 30.1 Å². The highest BCUT2D eigenvalue weighted by atomic mass is 16.7. The molecule has 2 rings (SSSR count). The van der Waals surface area contributed by atoms with E-state index in [1.165, 1.54) is 0 Å². The van der Waals surface area contributed by atoms with Gasteiger partial charge in [0, 0.05) is 6.54 Å². The van der Waals surface area contributed by atoms with Crippen LogP contribution in [0.1, 0.15) is 10.6 Å². The molecule has 1 fully saturated rings. The topological polar surface area (TPSA) is 170 Å². The summed E-state index contributed by atoms with van der Waals surface area (Å²) < 4.78 is 5.75. The predicted molar refractivity (Wildman–Crippen MR) is 54.7 cm³/mol. The molecular weight excluding hydrogens is 246 g/mol. The molecule has 0 spiro atoms. The highest BCUT2D eigenvalue weighted by molar-refractivity contribution is 5.88. The van der Waals surface area contributed by atoms with E-state index in [2.05, 4.69) is 10.1 Å². The van der Waals surface area contributed by atoms with Crippen LogP contribution in [0.3, 0.4) is 0 Å². The van der Waals surface area contributed by atoms with Crippen LogP contribution < -0.4 is 11.5 Å². The Balaban J connectivity index is 2.33. The Hall–Kier alpha value is -1.59. The smallest absolute Gasteiger partial charge is 0.300 e. The lowest BCUT2D eigenvalue weighted by Gasteiger charge is -2.25. The molecule has 0 aliphatic carbocycles. The Morgan fingerprint density at radius 1 is 1.61 bits per heavy atom. The molecule has 4 atom stereocenters. The average Bonchev–Trinajstić information content (AvgIpc) is 2.90. The van der Waals surface area contributed by atoms with E-state index in [9.17, 15) is 20.1 Å². The molecule has 1 aromatic heterocycles. The number of nitrogens with two attached hydrogens (primary N) is 2. The van der Waals surface area contributed by atoms with Gasteiger partial charge in [-0.2, -0.15) is 4.68 Å². The summed E-state index contributed by atoms with van der Waals surface area (Å²) in [5, 5.41) is 33.0. The highest BCUT2D eigenvalue weighted by Gasteiger charge is 2.55. The SMILES string of the molecule is NC[C@H]1O[C@@](O)(n2cnc(C(N)=O)n2)[C@H](O)[C@@H]1O. The summed E-state index contributed by atoms with van der Waals surface area (Å²) in [5.41, 5.74) is 10.3. The van der Waals surface area contributed by atoms with Crippen LogP contribution in [0, 0.1) is 0 Å². The third-order valence-electron chi connectivity index (χ3n) is 2.69. The number of primary amides is 1. The molecule has 1 amide bonds. The summed E-state index contributed by atoms with van der Waals surface area (Å²) in [4.78, 5) is 14.4. The van der Waals surface area contributed by atoms with Crippen molar-refractivity contribution in [2.24, 2.45) is 11.5 Å². The number of ether oxygens (including phenoxy) is 1. The Morgan fingerprint density at radius 3 is 2.72 bits per heavy atom. The zero-order valence-corrected chi connectivity index (χ0v) is 9.17. The van der Waals surface area contributed by atoms with E-state index in [4.69, 9.17) is 16.2 Å². The second-order valence-corrected chi connectivity index (χ2v) is 3.86. The fourth-order valence-corrected chi connectivity index (χ4v) is 1.70. The number of carbonyl (C=O) groups excluding carboxylic acids is 1. The number of hydrogen-bond donors (Lipinski definition) is 5. The standard InChI is InChI=1S/C8H13N5O5/c9-1-3-4(14)5(15)8(17,18-3)13-2-11-7(12-13)6(10)16/h2-5,14-15,17H,1,9H2,(H2,10,16)/t3-,4-,5-,8-/m1/s1. The number of carbonyl (C=O) groups is 1. The van der Waals surface area contributed by atoms with Gasteiger partial charge in [-0.1, -0.05) is 0 Å². The van der Waals surface area contributed by atoms with E-state index in [0.29, 0.717) is 4.68 Å². The quantitative estimate of drug-likeness (QED) is 0.366. The van der Waals surface area contributed by atoms with Gasteiger partial charge < -0.3 is 31.5 Å². The van der Waals surface area contributed by atoms with Gasteiger partial charge in [0.2, 0.25) is 5.82 Å². The van der Waals surface area contributed by atoms with Crippen molar-refractivity contribution in [2.75, 3.05) is 6.54 Å². The molecule has 0 bridgehead atoms. The van der Waals surface area contributed by atoms with Gasteiger partial charge in [0.1, 0.15) is 18.5 Å². The molecule has 7 N–H and O–H groups in total. The van der Waals surface area contributed by atoms with Crippen LogP contribution >= 0.6 is 0 Å². The average molecular weight is 259 g/mol. The number of aromatic nitrogens is 3. The van der Waals surface area contributed by atoms with E-state index in [0.717, 1.165) is 6.33 Å². The highest BCUT2D eigenvalue weighted by Crippen LogP contribution is 2.32. The minimum absolute atomic E-state index is 0.113. The van der Waals surface area contributed by atoms with Crippen molar-refractivity contribution >= 4 is 5.91 Å². The maximum Gasteiger partial charge on any atom is 0.300 e. The van der Waals surface area contributed by atoms with Crippen molar-refractivity contribution in [3.8, 4) is 0 Å². The van der Waals surface area contributed by atoms with E-state index >= 15 is 0 Å². The first-order valence-corrected chi connectivity index (χ1v) is 5.08. The van der Waals surface area contributed by atoms with Crippen LogP contribution in [-0.4, -0.2) is 60.8 Å². The van der Waals surface area contributed by atoms with Crippen LogP contribution in [-0.2, 0) is 10.6 Å². The maximum absolute atomic E-state index is 10.8. The number of rotatable bonds is 3. The second kappa shape index (κ2) is 4.26. The first-order chi connectivity index (χ1) is 8.40. The number of hydrogen-bond acceptors (Lipinski definition) is 8. The molecule has 0 unspecified atom stereocenters. The van der Waals surface area contributed by atoms with E-state index in [1.807, 2.05) is 0 Å². The second-order valence-electron chi connectivity index (χ2n) is 3.86. The summed E-state index contributed by atoms with van der Waals surface area (Å²) in [7, 11) is 0. The molecule has 100 valence electrons. The summed E-state index contributed by atoms with van der Waals surface area (Å²) in [5.74, 6) is -3.60. The first-order valence-electron chi connectivity index (χ1n) is 5.08. The Kier molecular flexibility index (Phi) is 3.04. The van der Waals surface area contributed by atoms with E-state index in [1.54, 1.807) is 0 Å². The first kappa shape index (κ1) is 12.9.